The van der Waals surface area contributed by atoms with Gasteiger partial charge < -0.3 is 19.0 Å². The standard InChI is InChI=1S/C23H21N3O5/c1-15-13-21-25-23(27)20(22(24)26(21)31-15)14-16-3-5-18(6-4-16)29-11-12-30-19-9-7-17(28-2)8-10-19/h3-10,13-14,24H,11-12H2,1-2H3/b20-14-,24-22?. The number of fused-ring (bicyclic) bond motifs is 1. The minimum absolute atomic E-state index is 0.0425. The largest absolute Gasteiger partial charge is 0.497 e. The Labute approximate surface area is 179 Å². The van der Waals surface area contributed by atoms with Crippen LogP contribution in [0.4, 0.5) is 0 Å². The summed E-state index contributed by atoms with van der Waals surface area (Å²) in [4.78, 5) is 21.7. The zero-order valence-corrected chi connectivity index (χ0v) is 17.1. The molecule has 0 saturated heterocycles. The van der Waals surface area contributed by atoms with Crippen molar-refractivity contribution in [3.8, 4) is 17.2 Å². The Morgan fingerprint density at radius 2 is 1.58 bits per heavy atom. The molecule has 0 unspecified atom stereocenters. The summed E-state index contributed by atoms with van der Waals surface area (Å²) in [7, 11) is 1.62. The lowest BCUT2D eigenvalue weighted by molar-refractivity contribution is -0.114. The van der Waals surface area contributed by atoms with E-state index in [4.69, 9.17) is 24.5 Å². The van der Waals surface area contributed by atoms with Crippen LogP contribution < -0.4 is 14.2 Å². The number of nitrogens with one attached hydrogen (secondary N) is 1. The molecule has 2 heterocycles. The molecule has 158 valence electrons. The van der Waals surface area contributed by atoms with Gasteiger partial charge in [-0.3, -0.25) is 10.2 Å². The van der Waals surface area contributed by atoms with Gasteiger partial charge in [0.05, 0.1) is 12.7 Å². The average Bonchev–Trinajstić information content (AvgIpc) is 3.16. The van der Waals surface area contributed by atoms with Crippen molar-refractivity contribution in [2.24, 2.45) is 4.99 Å². The highest BCUT2D eigenvalue weighted by Crippen LogP contribution is 2.24. The molecule has 0 atom stereocenters. The molecule has 2 aromatic carbocycles. The summed E-state index contributed by atoms with van der Waals surface area (Å²) in [6, 6.07) is 14.5. The Kier molecular flexibility index (Phi) is 5.70. The first-order valence-corrected chi connectivity index (χ1v) is 9.63. The molecule has 0 saturated carbocycles. The lowest BCUT2D eigenvalue weighted by atomic mass is 10.1. The number of amides is 1. The molecule has 1 amide bonds. The first-order chi connectivity index (χ1) is 15.0. The normalized spacial score (nSPS) is 16.5. The van der Waals surface area contributed by atoms with Gasteiger partial charge in [0.25, 0.3) is 5.91 Å². The van der Waals surface area contributed by atoms with Gasteiger partial charge in [0.1, 0.15) is 36.2 Å². The van der Waals surface area contributed by atoms with Crippen LogP contribution in [0.25, 0.3) is 6.08 Å². The summed E-state index contributed by atoms with van der Waals surface area (Å²) < 4.78 is 16.4. The first kappa shape index (κ1) is 20.2. The van der Waals surface area contributed by atoms with Crippen molar-refractivity contribution < 1.29 is 23.8 Å². The monoisotopic (exact) mass is 419 g/mol. The fourth-order valence-electron chi connectivity index (χ4n) is 3.02. The van der Waals surface area contributed by atoms with Gasteiger partial charge in [-0.25, -0.2) is 0 Å². The molecule has 0 bridgehead atoms. The van der Waals surface area contributed by atoms with E-state index < -0.39 is 5.91 Å². The number of amidine groups is 2. The second kappa shape index (κ2) is 8.74. The summed E-state index contributed by atoms with van der Waals surface area (Å²) in [5, 5.41) is 9.48. The maximum absolute atomic E-state index is 12.3. The van der Waals surface area contributed by atoms with E-state index in [1.54, 1.807) is 50.5 Å². The zero-order chi connectivity index (χ0) is 21.8. The predicted molar refractivity (Wildman–Crippen MR) is 115 cm³/mol. The Hall–Kier alpha value is -4.07. The van der Waals surface area contributed by atoms with E-state index in [1.807, 2.05) is 24.3 Å². The molecule has 4 rings (SSSR count). The van der Waals surface area contributed by atoms with Gasteiger partial charge in [0.2, 0.25) is 0 Å². The molecule has 2 aliphatic rings. The Morgan fingerprint density at radius 3 is 2.19 bits per heavy atom. The zero-order valence-electron chi connectivity index (χ0n) is 17.1. The van der Waals surface area contributed by atoms with E-state index in [0.29, 0.717) is 30.6 Å². The third kappa shape index (κ3) is 4.58. The molecule has 0 fully saturated rings. The molecule has 31 heavy (non-hydrogen) atoms. The summed E-state index contributed by atoms with van der Waals surface area (Å²) in [6.45, 7) is 2.52. The van der Waals surface area contributed by atoms with Crippen LogP contribution in [0.5, 0.6) is 17.2 Å². The highest BCUT2D eigenvalue weighted by molar-refractivity contribution is 6.32. The average molecular weight is 419 g/mol. The van der Waals surface area contributed by atoms with E-state index in [9.17, 15) is 4.79 Å². The number of aliphatic imine (C=N–C) groups is 1. The van der Waals surface area contributed by atoms with E-state index >= 15 is 0 Å². The van der Waals surface area contributed by atoms with E-state index in [2.05, 4.69) is 4.99 Å². The van der Waals surface area contributed by atoms with Crippen LogP contribution in [-0.4, -0.2) is 43.0 Å². The second-order valence-electron chi connectivity index (χ2n) is 6.76. The van der Waals surface area contributed by atoms with Crippen molar-refractivity contribution in [3.05, 3.63) is 71.5 Å². The number of hydroxylamine groups is 2. The van der Waals surface area contributed by atoms with Crippen LogP contribution >= 0.6 is 0 Å². The van der Waals surface area contributed by atoms with Crippen molar-refractivity contribution in [2.45, 2.75) is 6.92 Å². The number of ether oxygens (including phenoxy) is 3. The van der Waals surface area contributed by atoms with E-state index in [-0.39, 0.29) is 11.4 Å². The lowest BCUT2D eigenvalue weighted by Crippen LogP contribution is -2.38. The topological polar surface area (TPSA) is 93.4 Å². The van der Waals surface area contributed by atoms with Gasteiger partial charge in [0.15, 0.2) is 11.7 Å². The molecule has 2 aliphatic heterocycles. The minimum Gasteiger partial charge on any atom is -0.497 e. The lowest BCUT2D eigenvalue weighted by Gasteiger charge is -2.22. The third-order valence-corrected chi connectivity index (χ3v) is 4.55. The molecule has 0 radical (unpaired) electrons. The maximum Gasteiger partial charge on any atom is 0.282 e. The van der Waals surface area contributed by atoms with Crippen LogP contribution in [-0.2, 0) is 9.63 Å². The Balaban J connectivity index is 1.32. The summed E-state index contributed by atoms with van der Waals surface area (Å²) in [6.07, 6.45) is 3.23. The first-order valence-electron chi connectivity index (χ1n) is 9.63. The molecule has 0 spiro atoms. The van der Waals surface area contributed by atoms with Gasteiger partial charge in [-0.1, -0.05) is 12.1 Å². The minimum atomic E-state index is -0.471. The number of benzene rings is 2. The fourth-order valence-corrected chi connectivity index (χ4v) is 3.02. The number of hydrogen-bond acceptors (Lipinski definition) is 6. The van der Waals surface area contributed by atoms with Crippen LogP contribution in [0.2, 0.25) is 0 Å². The number of rotatable bonds is 7. The summed E-state index contributed by atoms with van der Waals surface area (Å²) in [5.74, 6) is 2.58. The number of hydrogen-bond donors (Lipinski definition) is 1. The van der Waals surface area contributed by atoms with Crippen molar-refractivity contribution in [1.29, 1.82) is 5.41 Å². The van der Waals surface area contributed by atoms with E-state index in [0.717, 1.165) is 17.1 Å². The number of carbonyl (C=O) groups is 1. The predicted octanol–water partition coefficient (Wildman–Crippen LogP) is 3.60. The third-order valence-electron chi connectivity index (χ3n) is 4.55. The fraction of sp³-hybridized carbons (Fsp3) is 0.174. The molecule has 1 N–H and O–H groups in total. The number of methoxy groups -OCH3 is 1. The number of allylic oxidation sites excluding steroid dienone is 1. The van der Waals surface area contributed by atoms with Crippen molar-refractivity contribution >= 4 is 23.7 Å². The van der Waals surface area contributed by atoms with E-state index in [1.165, 1.54) is 5.06 Å². The summed E-state index contributed by atoms with van der Waals surface area (Å²) in [5.41, 5.74) is 0.908. The van der Waals surface area contributed by atoms with Crippen LogP contribution in [0.15, 0.2) is 70.9 Å². The van der Waals surface area contributed by atoms with Gasteiger partial charge in [0, 0.05) is 6.08 Å². The van der Waals surface area contributed by atoms with Crippen LogP contribution in [0.1, 0.15) is 12.5 Å². The number of carbonyl (C=O) groups excluding carboxylic acids is 1. The van der Waals surface area contributed by atoms with Gasteiger partial charge >= 0.3 is 0 Å². The Morgan fingerprint density at radius 1 is 1.00 bits per heavy atom. The molecule has 0 aromatic heterocycles. The molecule has 8 heteroatoms. The molecular weight excluding hydrogens is 398 g/mol. The van der Waals surface area contributed by atoms with Gasteiger partial charge in [-0.2, -0.15) is 4.99 Å². The van der Waals surface area contributed by atoms with Gasteiger partial charge in [-0.05, 0) is 55.0 Å². The summed E-state index contributed by atoms with van der Waals surface area (Å²) >= 11 is 0. The molecule has 2 aromatic rings. The Bertz CT molecular complexity index is 1090. The quantitative estimate of drug-likeness (QED) is 0.544. The molecular formula is C23H21N3O5. The SMILES string of the molecule is COc1ccc(OCCOc2ccc(/C=C3/C(=N)N4OC(C)=CC4=NC3=O)cc2)cc1. The van der Waals surface area contributed by atoms with Crippen LogP contribution in [0.3, 0.4) is 0 Å². The van der Waals surface area contributed by atoms with Gasteiger partial charge in [-0.15, -0.1) is 5.06 Å². The highest BCUT2D eigenvalue weighted by atomic mass is 16.7. The smallest absolute Gasteiger partial charge is 0.282 e. The number of nitrogens with zero attached hydrogens (tertiary/aromatic N) is 2. The maximum atomic E-state index is 12.3. The van der Waals surface area contributed by atoms with Crippen molar-refractivity contribution in [2.75, 3.05) is 20.3 Å². The van der Waals surface area contributed by atoms with Crippen molar-refractivity contribution in [3.63, 3.8) is 0 Å². The van der Waals surface area contributed by atoms with Crippen molar-refractivity contribution in [1.82, 2.24) is 5.06 Å². The molecule has 8 nitrogen and oxygen atoms in total. The highest BCUT2D eigenvalue weighted by Gasteiger charge is 2.34. The second-order valence-corrected chi connectivity index (χ2v) is 6.76. The van der Waals surface area contributed by atoms with Crippen LogP contribution in [0, 0.1) is 5.41 Å². The molecule has 0 aliphatic carbocycles.